The van der Waals surface area contributed by atoms with Gasteiger partial charge in [-0.25, -0.2) is 0 Å². The molecule has 0 N–H and O–H groups in total. The predicted octanol–water partition coefficient (Wildman–Crippen LogP) is 6.20. The Kier molecular flexibility index (Phi) is 9.07. The zero-order valence-electron chi connectivity index (χ0n) is 12.4. The summed E-state index contributed by atoms with van der Waals surface area (Å²) in [5.41, 5.74) is 0.577. The van der Waals surface area contributed by atoms with Crippen molar-refractivity contribution in [1.82, 2.24) is 0 Å². The van der Waals surface area contributed by atoms with Gasteiger partial charge in [-0.1, -0.05) is 86.0 Å². The summed E-state index contributed by atoms with van der Waals surface area (Å²) in [6.45, 7) is 11.8. The maximum atomic E-state index is 2.42. The first-order valence-corrected chi connectivity index (χ1v) is 7.52. The third-order valence-corrected chi connectivity index (χ3v) is 4.06. The lowest BCUT2D eigenvalue weighted by molar-refractivity contribution is 0.305. The van der Waals surface area contributed by atoms with Crippen LogP contribution in [0.2, 0.25) is 0 Å². The van der Waals surface area contributed by atoms with Crippen LogP contribution in [0.15, 0.2) is 0 Å². The molecule has 0 radical (unpaired) electrons. The molecule has 0 saturated heterocycles. The van der Waals surface area contributed by atoms with E-state index in [2.05, 4.69) is 34.6 Å². The van der Waals surface area contributed by atoms with Gasteiger partial charge in [0.25, 0.3) is 0 Å². The van der Waals surface area contributed by atoms with E-state index in [0.29, 0.717) is 5.41 Å². The molecule has 0 heteroatoms. The van der Waals surface area contributed by atoms with Gasteiger partial charge in [0, 0.05) is 0 Å². The standard InChI is InChI=1S/C16H34/c1-6-8-12-15(3)13-10-9-11-14-16(4,5)7-2/h15H,6-14H2,1-5H3. The number of rotatable bonds is 10. The van der Waals surface area contributed by atoms with E-state index in [4.69, 9.17) is 0 Å². The molecular formula is C16H34. The summed E-state index contributed by atoms with van der Waals surface area (Å²) in [5.74, 6) is 0.958. The molecule has 16 heavy (non-hydrogen) atoms. The van der Waals surface area contributed by atoms with E-state index in [-0.39, 0.29) is 0 Å². The monoisotopic (exact) mass is 226 g/mol. The van der Waals surface area contributed by atoms with Crippen molar-refractivity contribution in [2.24, 2.45) is 11.3 Å². The maximum Gasteiger partial charge on any atom is -0.0357 e. The molecule has 0 fully saturated rings. The van der Waals surface area contributed by atoms with Crippen LogP contribution in [-0.4, -0.2) is 0 Å². The zero-order valence-corrected chi connectivity index (χ0v) is 12.4. The highest BCUT2D eigenvalue weighted by atomic mass is 14.2. The van der Waals surface area contributed by atoms with E-state index in [0.717, 1.165) is 5.92 Å². The van der Waals surface area contributed by atoms with Crippen molar-refractivity contribution in [2.45, 2.75) is 92.4 Å². The van der Waals surface area contributed by atoms with Crippen molar-refractivity contribution in [3.63, 3.8) is 0 Å². The van der Waals surface area contributed by atoms with Crippen LogP contribution in [0.4, 0.5) is 0 Å². The Labute approximate surface area is 104 Å². The fourth-order valence-electron chi connectivity index (χ4n) is 2.15. The molecule has 0 aromatic rings. The van der Waals surface area contributed by atoms with Gasteiger partial charge in [0.1, 0.15) is 0 Å². The molecule has 0 aromatic carbocycles. The maximum absolute atomic E-state index is 2.42. The largest absolute Gasteiger partial charge is 0.0654 e. The second kappa shape index (κ2) is 9.07. The van der Waals surface area contributed by atoms with Gasteiger partial charge >= 0.3 is 0 Å². The topological polar surface area (TPSA) is 0 Å². The molecule has 0 aliphatic carbocycles. The Morgan fingerprint density at radius 3 is 2.06 bits per heavy atom. The highest BCUT2D eigenvalue weighted by Crippen LogP contribution is 2.27. The van der Waals surface area contributed by atoms with Gasteiger partial charge in [-0.15, -0.1) is 0 Å². The highest BCUT2D eigenvalue weighted by Gasteiger charge is 2.13. The smallest absolute Gasteiger partial charge is 0.0357 e. The van der Waals surface area contributed by atoms with Crippen molar-refractivity contribution in [3.8, 4) is 0 Å². The van der Waals surface area contributed by atoms with E-state index in [1.165, 1.54) is 57.8 Å². The summed E-state index contributed by atoms with van der Waals surface area (Å²) in [6.07, 6.45) is 12.7. The quantitative estimate of drug-likeness (QED) is 0.389. The molecule has 0 aromatic heterocycles. The van der Waals surface area contributed by atoms with E-state index >= 15 is 0 Å². The van der Waals surface area contributed by atoms with Crippen molar-refractivity contribution >= 4 is 0 Å². The minimum Gasteiger partial charge on any atom is -0.0654 e. The number of unbranched alkanes of at least 4 members (excludes halogenated alkanes) is 3. The van der Waals surface area contributed by atoms with E-state index < -0.39 is 0 Å². The van der Waals surface area contributed by atoms with Gasteiger partial charge in [0.15, 0.2) is 0 Å². The highest BCUT2D eigenvalue weighted by molar-refractivity contribution is 4.66. The molecule has 98 valence electrons. The molecule has 0 amide bonds. The van der Waals surface area contributed by atoms with E-state index in [1.807, 2.05) is 0 Å². The zero-order chi connectivity index (χ0) is 12.4. The lowest BCUT2D eigenvalue weighted by Crippen LogP contribution is -2.08. The average molecular weight is 226 g/mol. The molecule has 0 aliphatic heterocycles. The Morgan fingerprint density at radius 1 is 0.875 bits per heavy atom. The van der Waals surface area contributed by atoms with Crippen molar-refractivity contribution < 1.29 is 0 Å². The van der Waals surface area contributed by atoms with Crippen LogP contribution in [0.3, 0.4) is 0 Å². The Balaban J connectivity index is 3.33. The van der Waals surface area contributed by atoms with Crippen molar-refractivity contribution in [3.05, 3.63) is 0 Å². The molecule has 1 atom stereocenters. The van der Waals surface area contributed by atoms with Gasteiger partial charge in [0.05, 0.1) is 0 Å². The van der Waals surface area contributed by atoms with Crippen molar-refractivity contribution in [1.29, 1.82) is 0 Å². The normalized spacial score (nSPS) is 14.1. The Morgan fingerprint density at radius 2 is 1.50 bits per heavy atom. The van der Waals surface area contributed by atoms with Gasteiger partial charge in [0.2, 0.25) is 0 Å². The van der Waals surface area contributed by atoms with Crippen LogP contribution >= 0.6 is 0 Å². The molecule has 0 rings (SSSR count). The number of hydrogen-bond donors (Lipinski definition) is 0. The van der Waals surface area contributed by atoms with E-state index in [1.54, 1.807) is 0 Å². The molecular weight excluding hydrogens is 192 g/mol. The summed E-state index contributed by atoms with van der Waals surface area (Å²) in [7, 11) is 0. The Hall–Kier alpha value is 0. The first-order chi connectivity index (χ1) is 7.52. The minimum absolute atomic E-state index is 0.577. The van der Waals surface area contributed by atoms with Crippen LogP contribution in [0, 0.1) is 11.3 Å². The number of hydrogen-bond acceptors (Lipinski definition) is 0. The molecule has 0 saturated carbocycles. The fraction of sp³-hybridized carbons (Fsp3) is 1.00. The summed E-state index contributed by atoms with van der Waals surface area (Å²) in [5, 5.41) is 0. The second-order valence-corrected chi connectivity index (χ2v) is 6.36. The van der Waals surface area contributed by atoms with Gasteiger partial charge in [-0.2, -0.15) is 0 Å². The SMILES string of the molecule is CCCCC(C)CCCCCC(C)(C)CC. The summed E-state index contributed by atoms with van der Waals surface area (Å²) in [4.78, 5) is 0. The Bertz CT molecular complexity index is 146. The molecule has 0 spiro atoms. The minimum atomic E-state index is 0.577. The first kappa shape index (κ1) is 16.0. The summed E-state index contributed by atoms with van der Waals surface area (Å²) in [6, 6.07) is 0. The second-order valence-electron chi connectivity index (χ2n) is 6.36. The molecule has 0 bridgehead atoms. The van der Waals surface area contributed by atoms with Gasteiger partial charge in [-0.3, -0.25) is 0 Å². The van der Waals surface area contributed by atoms with Crippen LogP contribution < -0.4 is 0 Å². The lowest BCUT2D eigenvalue weighted by atomic mass is 9.84. The predicted molar refractivity (Wildman–Crippen MR) is 75.8 cm³/mol. The van der Waals surface area contributed by atoms with Crippen molar-refractivity contribution in [2.75, 3.05) is 0 Å². The fourth-order valence-corrected chi connectivity index (χ4v) is 2.15. The summed E-state index contributed by atoms with van der Waals surface area (Å²) < 4.78 is 0. The van der Waals surface area contributed by atoms with Gasteiger partial charge < -0.3 is 0 Å². The molecule has 0 nitrogen and oxygen atoms in total. The average Bonchev–Trinajstić information content (AvgIpc) is 2.25. The lowest BCUT2D eigenvalue weighted by Gasteiger charge is -2.22. The third kappa shape index (κ3) is 9.24. The van der Waals surface area contributed by atoms with Gasteiger partial charge in [-0.05, 0) is 17.8 Å². The first-order valence-electron chi connectivity index (χ1n) is 7.52. The third-order valence-electron chi connectivity index (χ3n) is 4.06. The van der Waals surface area contributed by atoms with Crippen LogP contribution in [-0.2, 0) is 0 Å². The van der Waals surface area contributed by atoms with Crippen LogP contribution in [0.25, 0.3) is 0 Å². The molecule has 0 aliphatic rings. The molecule has 1 unspecified atom stereocenters. The van der Waals surface area contributed by atoms with E-state index in [9.17, 15) is 0 Å². The molecule has 0 heterocycles. The van der Waals surface area contributed by atoms with Crippen LogP contribution in [0.1, 0.15) is 92.4 Å². The van der Waals surface area contributed by atoms with Crippen LogP contribution in [0.5, 0.6) is 0 Å². The summed E-state index contributed by atoms with van der Waals surface area (Å²) >= 11 is 0.